The van der Waals surface area contributed by atoms with E-state index >= 15 is 0 Å². The average Bonchev–Trinajstić information content (AvgIpc) is 2.67. The highest BCUT2D eigenvalue weighted by Crippen LogP contribution is 2.31. The third-order valence-corrected chi connectivity index (χ3v) is 5.74. The molecule has 1 saturated heterocycles. The van der Waals surface area contributed by atoms with Gasteiger partial charge in [-0.25, -0.2) is 0 Å². The van der Waals surface area contributed by atoms with Crippen molar-refractivity contribution in [2.75, 3.05) is 36.4 Å². The monoisotopic (exact) mass is 447 g/mol. The third-order valence-electron chi connectivity index (χ3n) is 5.12. The van der Waals surface area contributed by atoms with Crippen LogP contribution in [0.25, 0.3) is 0 Å². The van der Waals surface area contributed by atoms with Crippen molar-refractivity contribution in [2.24, 2.45) is 5.41 Å². The van der Waals surface area contributed by atoms with Gasteiger partial charge in [-0.1, -0.05) is 50.0 Å². The maximum atomic E-state index is 12.5. The van der Waals surface area contributed by atoms with Crippen LogP contribution in [0.1, 0.15) is 36.7 Å². The summed E-state index contributed by atoms with van der Waals surface area (Å²) < 4.78 is 0. The van der Waals surface area contributed by atoms with E-state index in [1.807, 2.05) is 50.8 Å². The number of nitrogens with one attached hydrogen (secondary N) is 1. The Bertz CT molecular complexity index is 961. The molecule has 0 bridgehead atoms. The summed E-state index contributed by atoms with van der Waals surface area (Å²) in [5.41, 5.74) is 2.54. The fourth-order valence-corrected chi connectivity index (χ4v) is 4.09. The number of rotatable bonds is 3. The number of carbonyl (C=O) groups is 2. The molecule has 5 nitrogen and oxygen atoms in total. The lowest BCUT2D eigenvalue weighted by Crippen LogP contribution is -2.51. The Balaban J connectivity index is 1.66. The average molecular weight is 448 g/mol. The van der Waals surface area contributed by atoms with Crippen LogP contribution in [-0.2, 0) is 4.79 Å². The fraction of sp³-hybridized carbons (Fsp3) is 0.391. The van der Waals surface area contributed by atoms with E-state index in [9.17, 15) is 9.59 Å². The first kappa shape index (κ1) is 22.4. The van der Waals surface area contributed by atoms with Crippen LogP contribution in [0.3, 0.4) is 0 Å². The molecular formula is C23H27Cl2N3O2. The molecule has 0 unspecified atom stereocenters. The van der Waals surface area contributed by atoms with E-state index in [-0.39, 0.29) is 17.2 Å². The molecule has 0 aromatic heterocycles. The van der Waals surface area contributed by atoms with Gasteiger partial charge in [-0.2, -0.15) is 0 Å². The van der Waals surface area contributed by atoms with Crippen LogP contribution in [0.15, 0.2) is 36.4 Å². The molecule has 3 rings (SSSR count). The number of benzene rings is 2. The van der Waals surface area contributed by atoms with Gasteiger partial charge in [0.2, 0.25) is 5.91 Å². The molecule has 0 spiro atoms. The highest BCUT2D eigenvalue weighted by molar-refractivity contribution is 6.35. The Morgan fingerprint density at radius 2 is 1.60 bits per heavy atom. The number of aryl methyl sites for hydroxylation is 1. The minimum Gasteiger partial charge on any atom is -0.367 e. The number of amides is 2. The second kappa shape index (κ2) is 8.86. The molecular weight excluding hydrogens is 421 g/mol. The van der Waals surface area contributed by atoms with Gasteiger partial charge >= 0.3 is 0 Å². The fourth-order valence-electron chi connectivity index (χ4n) is 3.47. The second-order valence-electron chi connectivity index (χ2n) is 8.63. The van der Waals surface area contributed by atoms with E-state index in [4.69, 9.17) is 23.2 Å². The summed E-state index contributed by atoms with van der Waals surface area (Å²) in [7, 11) is 0. The molecule has 1 aliphatic heterocycles. The Kier molecular flexibility index (Phi) is 6.63. The van der Waals surface area contributed by atoms with Crippen LogP contribution in [0, 0.1) is 12.3 Å². The van der Waals surface area contributed by atoms with Crippen molar-refractivity contribution in [1.29, 1.82) is 0 Å². The maximum absolute atomic E-state index is 12.5. The van der Waals surface area contributed by atoms with Gasteiger partial charge in [-0.15, -0.1) is 0 Å². The molecule has 7 heteroatoms. The summed E-state index contributed by atoms with van der Waals surface area (Å²) in [5.74, 6) is -0.112. The molecule has 30 heavy (non-hydrogen) atoms. The second-order valence-corrected chi connectivity index (χ2v) is 9.45. The SMILES string of the molecule is Cc1ccc(C(=O)Nc2ccc(N3CCN(C(=O)C(C)(C)C)CC3)c(Cl)c2)c(Cl)c1. The van der Waals surface area contributed by atoms with Crippen molar-refractivity contribution >= 4 is 46.4 Å². The minimum absolute atomic E-state index is 0.168. The molecule has 160 valence electrons. The van der Waals surface area contributed by atoms with Gasteiger partial charge in [-0.3, -0.25) is 9.59 Å². The molecule has 1 aliphatic rings. The molecule has 2 aromatic rings. The molecule has 0 atom stereocenters. The minimum atomic E-state index is -0.375. The van der Waals surface area contributed by atoms with Crippen molar-refractivity contribution < 1.29 is 9.59 Å². The van der Waals surface area contributed by atoms with Crippen molar-refractivity contribution in [3.63, 3.8) is 0 Å². The van der Waals surface area contributed by atoms with E-state index in [0.29, 0.717) is 47.5 Å². The summed E-state index contributed by atoms with van der Waals surface area (Å²) in [6.45, 7) is 10.5. The van der Waals surface area contributed by atoms with Crippen LogP contribution in [0.2, 0.25) is 10.0 Å². The Morgan fingerprint density at radius 3 is 2.17 bits per heavy atom. The summed E-state index contributed by atoms with van der Waals surface area (Å²) >= 11 is 12.7. The van der Waals surface area contributed by atoms with Gasteiger partial charge in [-0.05, 0) is 42.8 Å². The number of nitrogens with zero attached hydrogens (tertiary/aromatic N) is 2. The van der Waals surface area contributed by atoms with Gasteiger partial charge < -0.3 is 15.1 Å². The van der Waals surface area contributed by atoms with Crippen LogP contribution >= 0.6 is 23.2 Å². The summed E-state index contributed by atoms with van der Waals surface area (Å²) in [4.78, 5) is 29.1. The molecule has 0 radical (unpaired) electrons. The molecule has 1 fully saturated rings. The van der Waals surface area contributed by atoms with E-state index < -0.39 is 0 Å². The lowest BCUT2D eigenvalue weighted by molar-refractivity contribution is -0.139. The van der Waals surface area contributed by atoms with Crippen molar-refractivity contribution in [2.45, 2.75) is 27.7 Å². The van der Waals surface area contributed by atoms with Crippen LogP contribution in [-0.4, -0.2) is 42.9 Å². The molecule has 1 heterocycles. The highest BCUT2D eigenvalue weighted by atomic mass is 35.5. The number of carbonyl (C=O) groups excluding carboxylic acids is 2. The van der Waals surface area contributed by atoms with Gasteiger partial charge in [0.25, 0.3) is 5.91 Å². The van der Waals surface area contributed by atoms with Crippen LogP contribution < -0.4 is 10.2 Å². The van der Waals surface area contributed by atoms with Gasteiger partial charge in [0.15, 0.2) is 0 Å². The zero-order chi connectivity index (χ0) is 22.1. The Morgan fingerprint density at radius 1 is 0.933 bits per heavy atom. The zero-order valence-electron chi connectivity index (χ0n) is 17.8. The lowest BCUT2D eigenvalue weighted by atomic mass is 9.94. The molecule has 1 N–H and O–H groups in total. The van der Waals surface area contributed by atoms with Crippen molar-refractivity contribution in [3.8, 4) is 0 Å². The number of anilines is 2. The molecule has 2 aromatic carbocycles. The number of hydrogen-bond acceptors (Lipinski definition) is 3. The quantitative estimate of drug-likeness (QED) is 0.698. The van der Waals surface area contributed by atoms with Crippen molar-refractivity contribution in [1.82, 2.24) is 4.90 Å². The topological polar surface area (TPSA) is 52.7 Å². The van der Waals surface area contributed by atoms with Crippen LogP contribution in [0.4, 0.5) is 11.4 Å². The van der Waals surface area contributed by atoms with Gasteiger partial charge in [0, 0.05) is 37.3 Å². The molecule has 0 saturated carbocycles. The number of piperazine rings is 1. The normalized spacial score (nSPS) is 14.6. The highest BCUT2D eigenvalue weighted by Gasteiger charge is 2.30. The predicted octanol–water partition coefficient (Wildman–Crippen LogP) is 5.25. The first-order chi connectivity index (χ1) is 14.1. The van der Waals surface area contributed by atoms with E-state index in [2.05, 4.69) is 10.2 Å². The zero-order valence-corrected chi connectivity index (χ0v) is 19.3. The first-order valence-electron chi connectivity index (χ1n) is 9.97. The molecule has 2 amide bonds. The Labute approximate surface area is 187 Å². The van der Waals surface area contributed by atoms with E-state index in [0.717, 1.165) is 11.3 Å². The van der Waals surface area contributed by atoms with Crippen molar-refractivity contribution in [3.05, 3.63) is 57.6 Å². The lowest BCUT2D eigenvalue weighted by Gasteiger charge is -2.39. The summed E-state index contributed by atoms with van der Waals surface area (Å²) in [6, 6.07) is 10.8. The predicted molar refractivity (Wildman–Crippen MR) is 124 cm³/mol. The maximum Gasteiger partial charge on any atom is 0.257 e. The van der Waals surface area contributed by atoms with Crippen LogP contribution in [0.5, 0.6) is 0 Å². The summed E-state index contributed by atoms with van der Waals surface area (Å²) in [6.07, 6.45) is 0. The smallest absolute Gasteiger partial charge is 0.257 e. The first-order valence-corrected chi connectivity index (χ1v) is 10.7. The largest absolute Gasteiger partial charge is 0.367 e. The third kappa shape index (κ3) is 5.08. The van der Waals surface area contributed by atoms with Gasteiger partial charge in [0.1, 0.15) is 0 Å². The Hall–Kier alpha value is -2.24. The van der Waals surface area contributed by atoms with E-state index in [1.165, 1.54) is 0 Å². The van der Waals surface area contributed by atoms with E-state index in [1.54, 1.807) is 18.2 Å². The number of halogens is 2. The summed E-state index contributed by atoms with van der Waals surface area (Å²) in [5, 5.41) is 3.82. The standard InChI is InChI=1S/C23H27Cl2N3O2/c1-15-5-7-17(18(24)13-15)21(29)26-16-6-8-20(19(25)14-16)27-9-11-28(12-10-27)22(30)23(2,3)4/h5-8,13-14H,9-12H2,1-4H3,(H,26,29). The molecule has 0 aliphatic carbocycles. The van der Waals surface area contributed by atoms with Gasteiger partial charge in [0.05, 0.1) is 21.3 Å². The number of hydrogen-bond donors (Lipinski definition) is 1.